The van der Waals surface area contributed by atoms with Crippen LogP contribution in [0.5, 0.6) is 0 Å². The van der Waals surface area contributed by atoms with Gasteiger partial charge in [0.2, 0.25) is 5.91 Å². The molecule has 2 amide bonds. The summed E-state index contributed by atoms with van der Waals surface area (Å²) in [5.41, 5.74) is 5.33. The number of hydrogen-bond acceptors (Lipinski definition) is 6. The molecular weight excluding hydrogens is 613 g/mol. The molecule has 1 aliphatic rings. The summed E-state index contributed by atoms with van der Waals surface area (Å²) < 4.78 is 70.2. The maximum Gasteiger partial charge on any atom is 0.436 e. The fourth-order valence-electron chi connectivity index (χ4n) is 4.31. The van der Waals surface area contributed by atoms with Crippen LogP contribution in [-0.4, -0.2) is 36.4 Å². The zero-order valence-corrected chi connectivity index (χ0v) is 22.6. The Bertz CT molecular complexity index is 1640. The van der Waals surface area contributed by atoms with Crippen molar-refractivity contribution in [2.45, 2.75) is 44.8 Å². The molecule has 4 heterocycles. The molecule has 0 aromatic carbocycles. The number of amides is 2. The highest BCUT2D eigenvalue weighted by Crippen LogP contribution is 2.47. The van der Waals surface area contributed by atoms with Crippen LogP contribution in [0.2, 0.25) is 0 Å². The first-order chi connectivity index (χ1) is 18.3. The van der Waals surface area contributed by atoms with E-state index in [2.05, 4.69) is 36.4 Å². The molecule has 1 saturated carbocycles. The van der Waals surface area contributed by atoms with E-state index in [1.54, 1.807) is 14.0 Å². The molecule has 3 N–H and O–H groups in total. The Morgan fingerprint density at radius 2 is 1.97 bits per heavy atom. The van der Waals surface area contributed by atoms with Gasteiger partial charge in [0.25, 0.3) is 12.3 Å². The molecular formula is C23H19BrF5N7O2S. The lowest BCUT2D eigenvalue weighted by Gasteiger charge is -2.12. The van der Waals surface area contributed by atoms with Gasteiger partial charge in [0.1, 0.15) is 21.9 Å². The van der Waals surface area contributed by atoms with Crippen molar-refractivity contribution < 1.29 is 31.5 Å². The molecule has 0 spiro atoms. The van der Waals surface area contributed by atoms with Crippen LogP contribution in [0, 0.1) is 6.92 Å². The number of hydrogen-bond donors (Lipinski definition) is 2. The Morgan fingerprint density at radius 1 is 1.28 bits per heavy atom. The SMILES string of the molecule is Cc1c(-c2cc(C(F)F)nc3sc(C(N)=O)c(NC(=O)Cn4nc(C(F)(F)F)c(Br)c4C4CC4)c23)cnn1C. The van der Waals surface area contributed by atoms with Crippen molar-refractivity contribution in [3.63, 3.8) is 0 Å². The minimum atomic E-state index is -4.74. The average Bonchev–Trinajstić information content (AvgIpc) is 3.41. The summed E-state index contributed by atoms with van der Waals surface area (Å²) in [6.07, 6.45) is -4.91. The first-order valence-corrected chi connectivity index (χ1v) is 13.1. The van der Waals surface area contributed by atoms with E-state index >= 15 is 0 Å². The zero-order chi connectivity index (χ0) is 28.4. The Kier molecular flexibility index (Phi) is 6.73. The van der Waals surface area contributed by atoms with Crippen LogP contribution in [0.15, 0.2) is 16.7 Å². The number of alkyl halides is 5. The number of nitrogens with one attached hydrogen (secondary N) is 1. The number of rotatable bonds is 7. The van der Waals surface area contributed by atoms with Crippen molar-refractivity contribution in [1.29, 1.82) is 0 Å². The van der Waals surface area contributed by atoms with E-state index in [0.29, 0.717) is 24.1 Å². The Balaban J connectivity index is 1.61. The number of halogens is 6. The standard InChI is InChI=1S/C23H19BrF5N7O2S/c1-8-11(6-31-35(8)2)10-5-12(20(25)26)32-22-14(10)16(18(39-22)21(30)38)33-13(37)7-36-17(9-3-4-9)15(24)19(34-36)23(27,28)29/h5-6,9,20H,3-4,7H2,1-2H3,(H2,30,38)(H,33,37). The van der Waals surface area contributed by atoms with Gasteiger partial charge < -0.3 is 11.1 Å². The highest BCUT2D eigenvalue weighted by molar-refractivity contribution is 9.10. The minimum absolute atomic E-state index is 0.0232. The van der Waals surface area contributed by atoms with Gasteiger partial charge in [-0.1, -0.05) is 0 Å². The van der Waals surface area contributed by atoms with E-state index in [9.17, 15) is 31.5 Å². The predicted octanol–water partition coefficient (Wildman–Crippen LogP) is 5.54. The van der Waals surface area contributed by atoms with Gasteiger partial charge in [-0.3, -0.25) is 19.0 Å². The summed E-state index contributed by atoms with van der Waals surface area (Å²) in [6, 6.07) is 1.15. The van der Waals surface area contributed by atoms with Crippen LogP contribution in [0.4, 0.5) is 27.6 Å². The van der Waals surface area contributed by atoms with E-state index in [-0.39, 0.29) is 42.4 Å². The van der Waals surface area contributed by atoms with Gasteiger partial charge in [0.05, 0.1) is 22.1 Å². The molecule has 206 valence electrons. The molecule has 16 heteroatoms. The molecule has 39 heavy (non-hydrogen) atoms. The third kappa shape index (κ3) is 4.90. The average molecular weight is 632 g/mol. The molecule has 5 rings (SSSR count). The molecule has 0 unspecified atom stereocenters. The number of carbonyl (C=O) groups excluding carboxylic acids is 2. The summed E-state index contributed by atoms with van der Waals surface area (Å²) in [5, 5.41) is 10.5. The van der Waals surface area contributed by atoms with Crippen LogP contribution >= 0.6 is 27.3 Å². The largest absolute Gasteiger partial charge is 0.436 e. The topological polar surface area (TPSA) is 121 Å². The predicted molar refractivity (Wildman–Crippen MR) is 136 cm³/mol. The maximum atomic E-state index is 13.7. The molecule has 0 radical (unpaired) electrons. The number of pyridine rings is 1. The smallest absolute Gasteiger partial charge is 0.365 e. The number of nitrogens with two attached hydrogens (primary N) is 1. The van der Waals surface area contributed by atoms with Crippen LogP contribution in [-0.2, 0) is 24.6 Å². The van der Waals surface area contributed by atoms with Crippen LogP contribution in [0.3, 0.4) is 0 Å². The number of aryl methyl sites for hydroxylation is 1. The van der Waals surface area contributed by atoms with Crippen LogP contribution in [0.1, 0.15) is 57.6 Å². The lowest BCUT2D eigenvalue weighted by molar-refractivity contribution is -0.142. The van der Waals surface area contributed by atoms with Crippen molar-refractivity contribution in [3.05, 3.63) is 44.4 Å². The Hall–Kier alpha value is -3.40. The van der Waals surface area contributed by atoms with Crippen LogP contribution in [0.25, 0.3) is 21.3 Å². The van der Waals surface area contributed by atoms with Crippen molar-refractivity contribution >= 4 is 55.0 Å². The molecule has 4 aromatic rings. The molecule has 4 aromatic heterocycles. The van der Waals surface area contributed by atoms with Gasteiger partial charge in [-0.25, -0.2) is 13.8 Å². The normalized spacial score (nSPS) is 14.0. The molecule has 0 atom stereocenters. The lowest BCUT2D eigenvalue weighted by Crippen LogP contribution is -2.23. The Labute approximate surface area is 229 Å². The fourth-order valence-corrected chi connectivity index (χ4v) is 6.16. The van der Waals surface area contributed by atoms with Crippen molar-refractivity contribution in [2.24, 2.45) is 12.8 Å². The highest BCUT2D eigenvalue weighted by atomic mass is 79.9. The van der Waals surface area contributed by atoms with Crippen molar-refractivity contribution in [1.82, 2.24) is 24.5 Å². The number of aromatic nitrogens is 5. The summed E-state index contributed by atoms with van der Waals surface area (Å²) in [5.74, 6) is -1.92. The van der Waals surface area contributed by atoms with Gasteiger partial charge in [-0.05, 0) is 47.3 Å². The number of carbonyl (C=O) groups is 2. The van der Waals surface area contributed by atoms with E-state index in [1.165, 1.54) is 10.9 Å². The summed E-state index contributed by atoms with van der Waals surface area (Å²) in [7, 11) is 1.66. The fraction of sp³-hybridized carbons (Fsp3) is 0.348. The van der Waals surface area contributed by atoms with Gasteiger partial charge in [0.15, 0.2) is 5.69 Å². The quantitative estimate of drug-likeness (QED) is 0.260. The monoisotopic (exact) mass is 631 g/mol. The minimum Gasteiger partial charge on any atom is -0.365 e. The second-order valence-electron chi connectivity index (χ2n) is 9.04. The van der Waals surface area contributed by atoms with Crippen molar-refractivity contribution in [3.8, 4) is 11.1 Å². The third-order valence-electron chi connectivity index (χ3n) is 6.38. The molecule has 0 saturated heterocycles. The zero-order valence-electron chi connectivity index (χ0n) is 20.2. The second-order valence-corrected chi connectivity index (χ2v) is 10.8. The highest BCUT2D eigenvalue weighted by Gasteiger charge is 2.42. The number of anilines is 1. The van der Waals surface area contributed by atoms with E-state index in [4.69, 9.17) is 5.73 Å². The summed E-state index contributed by atoms with van der Waals surface area (Å²) in [6.45, 7) is 1.11. The van der Waals surface area contributed by atoms with Gasteiger partial charge >= 0.3 is 6.18 Å². The molecule has 9 nitrogen and oxygen atoms in total. The molecule has 1 fully saturated rings. The van der Waals surface area contributed by atoms with Gasteiger partial charge in [-0.2, -0.15) is 23.4 Å². The maximum absolute atomic E-state index is 13.7. The number of nitrogens with zero attached hydrogens (tertiary/aromatic N) is 5. The van der Waals surface area contributed by atoms with Crippen molar-refractivity contribution in [2.75, 3.05) is 5.32 Å². The van der Waals surface area contributed by atoms with E-state index < -0.39 is 42.3 Å². The Morgan fingerprint density at radius 3 is 2.51 bits per heavy atom. The third-order valence-corrected chi connectivity index (χ3v) is 8.26. The number of fused-ring (bicyclic) bond motifs is 1. The first kappa shape index (κ1) is 27.2. The molecule has 0 aliphatic heterocycles. The first-order valence-electron chi connectivity index (χ1n) is 11.5. The second kappa shape index (κ2) is 9.66. The lowest BCUT2D eigenvalue weighted by atomic mass is 10.0. The summed E-state index contributed by atoms with van der Waals surface area (Å²) in [4.78, 5) is 29.3. The van der Waals surface area contributed by atoms with Gasteiger partial charge in [-0.15, -0.1) is 11.3 Å². The molecule has 0 bridgehead atoms. The van der Waals surface area contributed by atoms with E-state index in [1.807, 2.05) is 0 Å². The molecule has 1 aliphatic carbocycles. The van der Waals surface area contributed by atoms with Crippen LogP contribution < -0.4 is 11.1 Å². The summed E-state index contributed by atoms with van der Waals surface area (Å²) >= 11 is 3.70. The van der Waals surface area contributed by atoms with E-state index in [0.717, 1.165) is 22.1 Å². The van der Waals surface area contributed by atoms with Gasteiger partial charge in [0, 0.05) is 29.6 Å². The number of primary amides is 1. The number of thiophene rings is 1.